The number of carbonyl (C=O) groups is 1. The quantitative estimate of drug-likeness (QED) is 0.322. The first-order chi connectivity index (χ1) is 15.5. The van der Waals surface area contributed by atoms with Gasteiger partial charge >= 0.3 is 5.97 Å². The van der Waals surface area contributed by atoms with Gasteiger partial charge in [-0.1, -0.05) is 47.1 Å². The zero-order valence-corrected chi connectivity index (χ0v) is 18.6. The smallest absolute Gasteiger partial charge is 0.338 e. The first-order valence-electron chi connectivity index (χ1n) is 10.6. The molecule has 3 aromatic carbocycles. The van der Waals surface area contributed by atoms with Gasteiger partial charge in [-0.25, -0.2) is 4.79 Å². The summed E-state index contributed by atoms with van der Waals surface area (Å²) in [6.07, 6.45) is 0. The first-order valence-corrected chi connectivity index (χ1v) is 10.6. The Morgan fingerprint density at radius 1 is 1.00 bits per heavy atom. The van der Waals surface area contributed by atoms with Crippen molar-refractivity contribution in [2.45, 2.75) is 27.3 Å². The maximum Gasteiger partial charge on any atom is 0.338 e. The molecule has 0 bridgehead atoms. The highest BCUT2D eigenvalue weighted by Crippen LogP contribution is 2.38. The molecular weight excluding hydrogens is 400 g/mol. The molecular formula is C27H24N2O3. The first kappa shape index (κ1) is 20.1. The molecule has 0 aliphatic carbocycles. The lowest BCUT2D eigenvalue weighted by molar-refractivity contribution is 0.0603. The Morgan fingerprint density at radius 2 is 1.78 bits per heavy atom. The third kappa shape index (κ3) is 3.17. The molecule has 0 radical (unpaired) electrons. The second-order valence-corrected chi connectivity index (χ2v) is 8.20. The molecule has 0 fully saturated rings. The van der Waals surface area contributed by atoms with Crippen LogP contribution in [0.3, 0.4) is 0 Å². The average Bonchev–Trinajstić information content (AvgIpc) is 3.29. The fourth-order valence-corrected chi connectivity index (χ4v) is 4.58. The van der Waals surface area contributed by atoms with E-state index in [1.54, 1.807) is 0 Å². The van der Waals surface area contributed by atoms with Crippen molar-refractivity contribution in [2.75, 3.05) is 7.11 Å². The summed E-state index contributed by atoms with van der Waals surface area (Å²) in [4.78, 5) is 12.9. The lowest BCUT2D eigenvalue weighted by Crippen LogP contribution is -2.04. The van der Waals surface area contributed by atoms with E-state index in [1.807, 2.05) is 38.1 Å². The van der Waals surface area contributed by atoms with Crippen molar-refractivity contribution in [3.8, 4) is 11.1 Å². The molecule has 0 amide bonds. The molecule has 2 aromatic heterocycles. The Kier molecular flexibility index (Phi) is 4.82. The number of hydrogen-bond donors (Lipinski definition) is 0. The van der Waals surface area contributed by atoms with E-state index in [4.69, 9.17) is 9.26 Å². The minimum absolute atomic E-state index is 0.358. The summed E-state index contributed by atoms with van der Waals surface area (Å²) in [5.74, 6) is 0.364. The van der Waals surface area contributed by atoms with Gasteiger partial charge in [-0.3, -0.25) is 0 Å². The van der Waals surface area contributed by atoms with Crippen LogP contribution in [0.2, 0.25) is 0 Å². The molecule has 5 rings (SSSR count). The number of ether oxygens (including phenoxy) is 1. The van der Waals surface area contributed by atoms with Gasteiger partial charge < -0.3 is 13.8 Å². The second kappa shape index (κ2) is 7.68. The number of hydrogen-bond acceptors (Lipinski definition) is 4. The van der Waals surface area contributed by atoms with Gasteiger partial charge in [-0.15, -0.1) is 0 Å². The van der Waals surface area contributed by atoms with Crippen LogP contribution in [0, 0.1) is 20.8 Å². The fraction of sp³-hybridized carbons (Fsp3) is 0.185. The predicted molar refractivity (Wildman–Crippen MR) is 126 cm³/mol. The molecule has 0 saturated heterocycles. The summed E-state index contributed by atoms with van der Waals surface area (Å²) >= 11 is 0. The number of nitrogens with zero attached hydrogens (tertiary/aromatic N) is 2. The molecule has 5 heteroatoms. The maximum atomic E-state index is 12.9. The van der Waals surface area contributed by atoms with Gasteiger partial charge in [-0.05, 0) is 56.2 Å². The van der Waals surface area contributed by atoms with Gasteiger partial charge in [0.15, 0.2) is 0 Å². The van der Waals surface area contributed by atoms with E-state index in [9.17, 15) is 4.79 Å². The minimum Gasteiger partial charge on any atom is -0.465 e. The topological polar surface area (TPSA) is 57.3 Å². The highest BCUT2D eigenvalue weighted by Gasteiger charge is 2.22. The van der Waals surface area contributed by atoms with E-state index >= 15 is 0 Å². The number of aryl methyl sites for hydroxylation is 3. The summed E-state index contributed by atoms with van der Waals surface area (Å²) in [5.41, 5.74) is 7.52. The Balaban J connectivity index is 1.90. The SMILES string of the molecule is COC(=O)c1cc(-c2c(C)noc2C)cc2c1c1cc(C)ccc1n2Cc1ccccc1. The fourth-order valence-electron chi connectivity index (χ4n) is 4.58. The van der Waals surface area contributed by atoms with Gasteiger partial charge in [-0.2, -0.15) is 0 Å². The Hall–Kier alpha value is -3.86. The van der Waals surface area contributed by atoms with Gasteiger partial charge in [0.25, 0.3) is 0 Å². The van der Waals surface area contributed by atoms with Crippen molar-refractivity contribution in [1.29, 1.82) is 0 Å². The standard InChI is InChI=1S/C27H24N2O3/c1-16-10-11-23-21(12-16)26-22(27(30)31-4)13-20(25-17(2)28-32-18(25)3)14-24(26)29(23)15-19-8-6-5-7-9-19/h5-14H,15H2,1-4H3. The molecule has 0 spiro atoms. The summed E-state index contributed by atoms with van der Waals surface area (Å²) in [7, 11) is 1.42. The van der Waals surface area contributed by atoms with Gasteiger partial charge in [0.2, 0.25) is 0 Å². The van der Waals surface area contributed by atoms with Crippen molar-refractivity contribution in [1.82, 2.24) is 9.72 Å². The van der Waals surface area contributed by atoms with E-state index < -0.39 is 0 Å². The molecule has 0 unspecified atom stereocenters. The molecule has 0 N–H and O–H groups in total. The number of methoxy groups -OCH3 is 1. The Bertz CT molecular complexity index is 1460. The van der Waals surface area contributed by atoms with Crippen molar-refractivity contribution < 1.29 is 14.1 Å². The number of aromatic nitrogens is 2. The summed E-state index contributed by atoms with van der Waals surface area (Å²) < 4.78 is 12.9. The van der Waals surface area contributed by atoms with Gasteiger partial charge in [0, 0.05) is 28.4 Å². The third-order valence-corrected chi connectivity index (χ3v) is 6.03. The molecule has 0 aliphatic rings. The van der Waals surface area contributed by atoms with Crippen LogP contribution in [0.5, 0.6) is 0 Å². The maximum absolute atomic E-state index is 12.9. The highest BCUT2D eigenvalue weighted by molar-refractivity contribution is 6.18. The lowest BCUT2D eigenvalue weighted by atomic mass is 9.97. The summed E-state index contributed by atoms with van der Waals surface area (Å²) in [6, 6.07) is 20.7. The predicted octanol–water partition coefficient (Wildman–Crippen LogP) is 6.21. The van der Waals surface area contributed by atoms with Gasteiger partial charge in [0.1, 0.15) is 5.76 Å². The van der Waals surface area contributed by atoms with Crippen molar-refractivity contribution in [3.63, 3.8) is 0 Å². The molecule has 0 saturated carbocycles. The number of fused-ring (bicyclic) bond motifs is 3. The van der Waals surface area contributed by atoms with Gasteiger partial charge in [0.05, 0.1) is 23.9 Å². The van der Waals surface area contributed by atoms with E-state index in [1.165, 1.54) is 12.7 Å². The summed E-state index contributed by atoms with van der Waals surface area (Å²) in [5, 5.41) is 6.06. The van der Waals surface area contributed by atoms with E-state index in [0.29, 0.717) is 12.1 Å². The minimum atomic E-state index is -0.358. The Labute approximate surface area is 186 Å². The van der Waals surface area contributed by atoms with Crippen LogP contribution in [0.15, 0.2) is 65.2 Å². The van der Waals surface area contributed by atoms with Crippen LogP contribution in [-0.2, 0) is 11.3 Å². The van der Waals surface area contributed by atoms with Crippen LogP contribution < -0.4 is 0 Å². The van der Waals surface area contributed by atoms with Crippen LogP contribution in [0.25, 0.3) is 32.9 Å². The third-order valence-electron chi connectivity index (χ3n) is 6.03. The van der Waals surface area contributed by atoms with Crippen LogP contribution in [-0.4, -0.2) is 22.8 Å². The zero-order chi connectivity index (χ0) is 22.4. The zero-order valence-electron chi connectivity index (χ0n) is 18.6. The van der Waals surface area contributed by atoms with Crippen LogP contribution in [0.1, 0.15) is 32.9 Å². The monoisotopic (exact) mass is 424 g/mol. The molecule has 32 heavy (non-hydrogen) atoms. The molecule has 160 valence electrons. The van der Waals surface area contributed by atoms with Crippen LogP contribution in [0.4, 0.5) is 0 Å². The lowest BCUT2D eigenvalue weighted by Gasteiger charge is -2.11. The van der Waals surface area contributed by atoms with Crippen LogP contribution >= 0.6 is 0 Å². The highest BCUT2D eigenvalue weighted by atomic mass is 16.5. The molecule has 0 aliphatic heterocycles. The van der Waals surface area contributed by atoms with Crippen molar-refractivity contribution >= 4 is 27.8 Å². The number of esters is 1. The van der Waals surface area contributed by atoms with Crippen molar-refractivity contribution in [2.24, 2.45) is 0 Å². The molecule has 5 nitrogen and oxygen atoms in total. The molecule has 2 heterocycles. The molecule has 5 aromatic rings. The largest absolute Gasteiger partial charge is 0.465 e. The number of rotatable bonds is 4. The average molecular weight is 425 g/mol. The van der Waals surface area contributed by atoms with E-state index in [-0.39, 0.29) is 5.97 Å². The number of benzene rings is 3. The molecule has 0 atom stereocenters. The second-order valence-electron chi connectivity index (χ2n) is 8.20. The van der Waals surface area contributed by atoms with E-state index in [0.717, 1.165) is 50.0 Å². The van der Waals surface area contributed by atoms with E-state index in [2.05, 4.69) is 53.0 Å². The van der Waals surface area contributed by atoms with Crippen molar-refractivity contribution in [3.05, 3.63) is 88.8 Å². The number of carbonyl (C=O) groups excluding carboxylic acids is 1. The normalized spacial score (nSPS) is 11.4. The summed E-state index contributed by atoms with van der Waals surface area (Å²) in [6.45, 7) is 6.56. The Morgan fingerprint density at radius 3 is 2.47 bits per heavy atom.